The fourth-order valence-electron chi connectivity index (χ4n) is 5.42. The molecular formula is C26H24BrN3O. The Morgan fingerprint density at radius 2 is 1.84 bits per heavy atom. The number of pyridine rings is 1. The van der Waals surface area contributed by atoms with Crippen LogP contribution >= 0.6 is 15.9 Å². The molecule has 3 heterocycles. The summed E-state index contributed by atoms with van der Waals surface area (Å²) >= 11 is 3.65. The van der Waals surface area contributed by atoms with Gasteiger partial charge in [-0.2, -0.15) is 5.10 Å². The third-order valence-corrected chi connectivity index (χ3v) is 7.48. The summed E-state index contributed by atoms with van der Waals surface area (Å²) in [6, 6.07) is 21.6. The molecule has 0 radical (unpaired) electrons. The van der Waals surface area contributed by atoms with Crippen LogP contribution < -0.4 is 4.74 Å². The zero-order valence-electron chi connectivity index (χ0n) is 17.2. The molecule has 0 N–H and O–H groups in total. The minimum absolute atomic E-state index is 0.199. The van der Waals surface area contributed by atoms with Crippen molar-refractivity contribution in [2.75, 3.05) is 0 Å². The van der Waals surface area contributed by atoms with Crippen LogP contribution in [0.5, 0.6) is 5.75 Å². The standard InChI is InChI=1S/C26H24BrN3O/c27-21-8-9-25-22(15-21)24-16-23(20-7-4-14-28-17-20)29-30(24)26(31-25)12-10-19(11-13-26)18-5-2-1-3-6-18/h1-9,14-15,17,19,24H,10-13,16H2/t19?,24-,26?/m0/s1. The van der Waals surface area contributed by atoms with Gasteiger partial charge in [-0.1, -0.05) is 52.3 Å². The Kier molecular flexibility index (Phi) is 4.60. The summed E-state index contributed by atoms with van der Waals surface area (Å²) in [5.41, 5.74) is 4.48. The van der Waals surface area contributed by atoms with Crippen molar-refractivity contribution in [3.63, 3.8) is 0 Å². The number of hydrogen-bond donors (Lipinski definition) is 0. The lowest BCUT2D eigenvalue weighted by Gasteiger charge is -2.50. The number of hydrazone groups is 1. The van der Waals surface area contributed by atoms with Crippen molar-refractivity contribution in [2.45, 2.75) is 49.8 Å². The number of fused-ring (bicyclic) bond motifs is 4. The van der Waals surface area contributed by atoms with Crippen molar-refractivity contribution in [2.24, 2.45) is 5.10 Å². The third kappa shape index (κ3) is 3.26. The first-order valence-electron chi connectivity index (χ1n) is 11.0. The summed E-state index contributed by atoms with van der Waals surface area (Å²) in [6.45, 7) is 0. The van der Waals surface area contributed by atoms with Gasteiger partial charge in [-0.05, 0) is 48.6 Å². The highest BCUT2D eigenvalue weighted by Gasteiger charge is 2.52. The van der Waals surface area contributed by atoms with E-state index in [4.69, 9.17) is 9.84 Å². The topological polar surface area (TPSA) is 37.7 Å². The Labute approximate surface area is 191 Å². The zero-order valence-corrected chi connectivity index (χ0v) is 18.8. The summed E-state index contributed by atoms with van der Waals surface area (Å²) in [6.07, 6.45) is 8.77. The number of ether oxygens (including phenoxy) is 1. The fraction of sp³-hybridized carbons (Fsp3) is 0.308. The molecule has 0 amide bonds. The summed E-state index contributed by atoms with van der Waals surface area (Å²) in [5.74, 6) is 1.59. The molecule has 1 fully saturated rings. The van der Waals surface area contributed by atoms with Gasteiger partial charge in [-0.15, -0.1) is 0 Å². The Bertz CT molecular complexity index is 1120. The largest absolute Gasteiger partial charge is 0.466 e. The lowest BCUT2D eigenvalue weighted by atomic mass is 9.78. The van der Waals surface area contributed by atoms with Crippen LogP contribution in [0.4, 0.5) is 0 Å². The van der Waals surface area contributed by atoms with E-state index in [-0.39, 0.29) is 11.8 Å². The number of halogens is 1. The average Bonchev–Trinajstić information content (AvgIpc) is 3.29. The lowest BCUT2D eigenvalue weighted by Crippen LogP contribution is -2.55. The molecule has 4 nitrogen and oxygen atoms in total. The maximum absolute atomic E-state index is 6.78. The van der Waals surface area contributed by atoms with Crippen LogP contribution in [0.1, 0.15) is 60.8 Å². The molecule has 0 bridgehead atoms. The van der Waals surface area contributed by atoms with E-state index in [1.807, 2.05) is 18.5 Å². The molecule has 3 aromatic rings. The average molecular weight is 474 g/mol. The van der Waals surface area contributed by atoms with Gasteiger partial charge >= 0.3 is 0 Å². The Balaban J connectivity index is 1.36. The van der Waals surface area contributed by atoms with E-state index in [1.54, 1.807) is 0 Å². The monoisotopic (exact) mass is 473 g/mol. The van der Waals surface area contributed by atoms with Gasteiger partial charge in [0.1, 0.15) is 5.75 Å². The molecule has 1 aliphatic carbocycles. The second-order valence-corrected chi connectivity index (χ2v) is 9.68. The van der Waals surface area contributed by atoms with Crippen LogP contribution in [0.15, 0.2) is 82.6 Å². The Morgan fingerprint density at radius 1 is 1.00 bits per heavy atom. The van der Waals surface area contributed by atoms with Crippen molar-refractivity contribution >= 4 is 21.6 Å². The molecule has 1 aromatic heterocycles. The van der Waals surface area contributed by atoms with Crippen LogP contribution in [0.3, 0.4) is 0 Å². The smallest absolute Gasteiger partial charge is 0.198 e. The Hall–Kier alpha value is -2.66. The van der Waals surface area contributed by atoms with Gasteiger partial charge in [0.25, 0.3) is 0 Å². The van der Waals surface area contributed by atoms with Crippen molar-refractivity contribution in [1.82, 2.24) is 9.99 Å². The van der Waals surface area contributed by atoms with Crippen molar-refractivity contribution in [3.8, 4) is 5.75 Å². The first kappa shape index (κ1) is 19.1. The quantitative estimate of drug-likeness (QED) is 0.429. The van der Waals surface area contributed by atoms with Gasteiger partial charge in [0, 0.05) is 47.3 Å². The van der Waals surface area contributed by atoms with Gasteiger partial charge in [-0.3, -0.25) is 4.98 Å². The molecule has 6 rings (SSSR count). The van der Waals surface area contributed by atoms with Crippen molar-refractivity contribution < 1.29 is 4.74 Å². The minimum Gasteiger partial charge on any atom is -0.466 e. The minimum atomic E-state index is -0.374. The number of aromatic nitrogens is 1. The van der Waals surface area contributed by atoms with Gasteiger partial charge in [0.2, 0.25) is 0 Å². The van der Waals surface area contributed by atoms with E-state index in [2.05, 4.69) is 80.5 Å². The van der Waals surface area contributed by atoms with Crippen LogP contribution in [0.25, 0.3) is 0 Å². The molecule has 5 heteroatoms. The molecule has 3 aliphatic rings. The van der Waals surface area contributed by atoms with E-state index < -0.39 is 0 Å². The van der Waals surface area contributed by atoms with Crippen LogP contribution in [-0.2, 0) is 0 Å². The molecular weight excluding hydrogens is 450 g/mol. The van der Waals surface area contributed by atoms with E-state index >= 15 is 0 Å². The van der Waals surface area contributed by atoms with Crippen LogP contribution in [0, 0.1) is 0 Å². The molecule has 1 spiro atoms. The van der Waals surface area contributed by atoms with E-state index in [9.17, 15) is 0 Å². The van der Waals surface area contributed by atoms with Gasteiger partial charge in [0.15, 0.2) is 5.72 Å². The number of nitrogens with zero attached hydrogens (tertiary/aromatic N) is 3. The molecule has 2 aliphatic heterocycles. The highest BCUT2D eigenvalue weighted by molar-refractivity contribution is 9.10. The molecule has 0 saturated heterocycles. The maximum Gasteiger partial charge on any atom is 0.198 e. The van der Waals surface area contributed by atoms with Crippen molar-refractivity contribution in [1.29, 1.82) is 0 Å². The number of rotatable bonds is 2. The predicted molar refractivity (Wildman–Crippen MR) is 125 cm³/mol. The van der Waals surface area contributed by atoms with E-state index in [0.29, 0.717) is 5.92 Å². The second kappa shape index (κ2) is 7.49. The third-order valence-electron chi connectivity index (χ3n) is 6.99. The SMILES string of the molecule is Brc1ccc2c(c1)[C@@H]1CC(c3cccnc3)=NN1C1(CCC(c3ccccc3)CC1)O2. The van der Waals surface area contributed by atoms with Gasteiger partial charge < -0.3 is 4.74 Å². The first-order valence-corrected chi connectivity index (χ1v) is 11.8. The second-order valence-electron chi connectivity index (χ2n) is 8.77. The normalized spacial score (nSPS) is 26.7. The summed E-state index contributed by atoms with van der Waals surface area (Å²) in [5, 5.41) is 7.44. The fourth-order valence-corrected chi connectivity index (χ4v) is 5.80. The molecule has 0 unspecified atom stereocenters. The van der Waals surface area contributed by atoms with E-state index in [1.165, 1.54) is 11.1 Å². The zero-order chi connectivity index (χ0) is 20.8. The molecule has 1 saturated carbocycles. The summed E-state index contributed by atoms with van der Waals surface area (Å²) in [4.78, 5) is 4.31. The summed E-state index contributed by atoms with van der Waals surface area (Å²) in [7, 11) is 0. The van der Waals surface area contributed by atoms with Crippen molar-refractivity contribution in [3.05, 3.63) is 94.2 Å². The summed E-state index contributed by atoms with van der Waals surface area (Å²) < 4.78 is 7.86. The molecule has 1 atom stereocenters. The van der Waals surface area contributed by atoms with Gasteiger partial charge in [-0.25, -0.2) is 5.01 Å². The van der Waals surface area contributed by atoms with Crippen LogP contribution in [-0.4, -0.2) is 21.4 Å². The maximum atomic E-state index is 6.78. The van der Waals surface area contributed by atoms with Crippen LogP contribution in [0.2, 0.25) is 0 Å². The predicted octanol–water partition coefficient (Wildman–Crippen LogP) is 6.44. The van der Waals surface area contributed by atoms with E-state index in [0.717, 1.165) is 53.6 Å². The highest BCUT2D eigenvalue weighted by Crippen LogP contribution is 2.53. The Morgan fingerprint density at radius 3 is 2.61 bits per heavy atom. The molecule has 156 valence electrons. The molecule has 31 heavy (non-hydrogen) atoms. The first-order chi connectivity index (χ1) is 15.2. The lowest BCUT2D eigenvalue weighted by molar-refractivity contribution is -0.142. The van der Waals surface area contributed by atoms with Gasteiger partial charge in [0.05, 0.1) is 11.8 Å². The molecule has 2 aromatic carbocycles. The number of benzene rings is 2. The number of hydrogen-bond acceptors (Lipinski definition) is 4. The highest BCUT2D eigenvalue weighted by atomic mass is 79.9.